The maximum absolute atomic E-state index is 12.5. The molecule has 5 aliphatic rings. The van der Waals surface area contributed by atoms with Crippen molar-refractivity contribution in [3.63, 3.8) is 0 Å². The minimum absolute atomic E-state index is 0.142. The Balaban J connectivity index is 1.08. The zero-order valence-electron chi connectivity index (χ0n) is 36.8. The molecule has 1 saturated heterocycles. The molecule has 0 spiro atoms. The lowest BCUT2D eigenvalue weighted by molar-refractivity contribution is -0.313. The molecular formula is C49H84O7. The number of aliphatic hydroxyl groups is 3. The van der Waals surface area contributed by atoms with Gasteiger partial charge in [-0.05, 0) is 136 Å². The van der Waals surface area contributed by atoms with Crippen molar-refractivity contribution in [3.05, 3.63) is 23.8 Å². The van der Waals surface area contributed by atoms with Crippen molar-refractivity contribution >= 4 is 5.97 Å². The van der Waals surface area contributed by atoms with Gasteiger partial charge in [0, 0.05) is 6.42 Å². The average Bonchev–Trinajstić information content (AvgIpc) is 3.54. The molecule has 3 N–H and O–H groups in total. The summed E-state index contributed by atoms with van der Waals surface area (Å²) < 4.78 is 18.0. The second-order valence-corrected chi connectivity index (χ2v) is 20.1. The summed E-state index contributed by atoms with van der Waals surface area (Å²) >= 11 is 0. The van der Waals surface area contributed by atoms with Gasteiger partial charge in [0.05, 0.1) is 6.10 Å². The van der Waals surface area contributed by atoms with E-state index in [2.05, 4.69) is 66.7 Å². The first kappa shape index (κ1) is 45.8. The van der Waals surface area contributed by atoms with E-state index in [0.717, 1.165) is 93.3 Å². The van der Waals surface area contributed by atoms with E-state index >= 15 is 0 Å². The number of esters is 1. The van der Waals surface area contributed by atoms with Crippen molar-refractivity contribution in [1.82, 2.24) is 0 Å². The van der Waals surface area contributed by atoms with Crippen molar-refractivity contribution in [1.29, 1.82) is 0 Å². The summed E-state index contributed by atoms with van der Waals surface area (Å²) in [6.07, 6.45) is 24.4. The van der Waals surface area contributed by atoms with Crippen molar-refractivity contribution in [2.75, 3.05) is 6.61 Å². The van der Waals surface area contributed by atoms with Crippen LogP contribution in [0.15, 0.2) is 23.8 Å². The van der Waals surface area contributed by atoms with E-state index in [1.807, 2.05) is 0 Å². The molecule has 7 heteroatoms. The predicted octanol–water partition coefficient (Wildman–Crippen LogP) is 10.9. The van der Waals surface area contributed by atoms with Crippen LogP contribution in [0, 0.1) is 52.3 Å². The van der Waals surface area contributed by atoms with Crippen LogP contribution >= 0.6 is 0 Å². The van der Waals surface area contributed by atoms with E-state index in [1.165, 1.54) is 76.2 Å². The quantitative estimate of drug-likeness (QED) is 0.0605. The van der Waals surface area contributed by atoms with Crippen LogP contribution < -0.4 is 0 Å². The number of aliphatic hydroxyl groups excluding tert-OH is 3. The molecule has 0 amide bonds. The Bertz CT molecular complexity index is 1260. The molecule has 4 fully saturated rings. The third-order valence-electron chi connectivity index (χ3n) is 16.3. The summed E-state index contributed by atoms with van der Waals surface area (Å²) in [7, 11) is 0. The fourth-order valence-electron chi connectivity index (χ4n) is 12.6. The minimum atomic E-state index is -1.44. The van der Waals surface area contributed by atoms with Crippen LogP contribution in [-0.4, -0.2) is 64.7 Å². The monoisotopic (exact) mass is 785 g/mol. The van der Waals surface area contributed by atoms with E-state index in [4.69, 9.17) is 14.2 Å². The lowest BCUT2D eigenvalue weighted by Crippen LogP contribution is -2.60. The van der Waals surface area contributed by atoms with Crippen LogP contribution in [-0.2, 0) is 19.0 Å². The summed E-state index contributed by atoms with van der Waals surface area (Å²) in [5, 5.41) is 32.4. The SMILES string of the molecule is CCCC/C=C\CCCCCCCC(=O)OCC1OC(OC2CCC3(C)C(=CCC4C3CCC3(C)C(C(C)CCC(CC)C(C)C)CCC43)C2)C(O)C(O)C1O. The number of hydrogen-bond acceptors (Lipinski definition) is 7. The Kier molecular flexibility index (Phi) is 17.4. The van der Waals surface area contributed by atoms with Gasteiger partial charge in [0.25, 0.3) is 0 Å². The van der Waals surface area contributed by atoms with Crippen LogP contribution in [0.25, 0.3) is 0 Å². The van der Waals surface area contributed by atoms with Crippen molar-refractivity contribution in [3.8, 4) is 0 Å². The molecule has 0 aromatic rings. The lowest BCUT2D eigenvalue weighted by Gasteiger charge is -2.58. The third-order valence-corrected chi connectivity index (χ3v) is 16.3. The number of rotatable bonds is 21. The number of carbonyl (C=O) groups excluding carboxylic acids is 1. The van der Waals surface area contributed by atoms with Crippen LogP contribution in [0.4, 0.5) is 0 Å². The number of fused-ring (bicyclic) bond motifs is 5. The number of hydrogen-bond donors (Lipinski definition) is 3. The van der Waals surface area contributed by atoms with Crippen molar-refractivity contribution in [2.24, 2.45) is 52.3 Å². The smallest absolute Gasteiger partial charge is 0.305 e. The highest BCUT2D eigenvalue weighted by Crippen LogP contribution is 2.67. The van der Waals surface area contributed by atoms with Crippen molar-refractivity contribution in [2.45, 2.75) is 220 Å². The molecule has 4 aliphatic carbocycles. The lowest BCUT2D eigenvalue weighted by atomic mass is 9.47. The highest BCUT2D eigenvalue weighted by Gasteiger charge is 2.59. The Morgan fingerprint density at radius 1 is 0.875 bits per heavy atom. The van der Waals surface area contributed by atoms with Gasteiger partial charge >= 0.3 is 5.97 Å². The van der Waals surface area contributed by atoms with Crippen LogP contribution in [0.2, 0.25) is 0 Å². The third kappa shape index (κ3) is 10.9. The molecule has 0 radical (unpaired) electrons. The Hall–Kier alpha value is -1.25. The highest BCUT2D eigenvalue weighted by atomic mass is 16.7. The van der Waals surface area contributed by atoms with E-state index in [9.17, 15) is 20.1 Å². The molecule has 3 saturated carbocycles. The van der Waals surface area contributed by atoms with E-state index < -0.39 is 30.7 Å². The molecule has 56 heavy (non-hydrogen) atoms. The van der Waals surface area contributed by atoms with Gasteiger partial charge in [-0.25, -0.2) is 0 Å². The topological polar surface area (TPSA) is 105 Å². The molecule has 0 aromatic heterocycles. The summed E-state index contributed by atoms with van der Waals surface area (Å²) in [5.74, 6) is 5.21. The van der Waals surface area contributed by atoms with Gasteiger partial charge in [-0.2, -0.15) is 0 Å². The van der Waals surface area contributed by atoms with Gasteiger partial charge in [0.15, 0.2) is 6.29 Å². The van der Waals surface area contributed by atoms with Crippen LogP contribution in [0.5, 0.6) is 0 Å². The molecule has 0 aromatic carbocycles. The van der Waals surface area contributed by atoms with Gasteiger partial charge in [0.1, 0.15) is 31.0 Å². The Labute approximate surface area is 342 Å². The molecule has 7 nitrogen and oxygen atoms in total. The number of ether oxygens (including phenoxy) is 3. The van der Waals surface area contributed by atoms with Gasteiger partial charge in [-0.1, -0.05) is 117 Å². The summed E-state index contributed by atoms with van der Waals surface area (Å²) in [6.45, 7) is 17.0. The first-order valence-electron chi connectivity index (χ1n) is 23.7. The molecule has 14 unspecified atom stereocenters. The maximum Gasteiger partial charge on any atom is 0.305 e. The zero-order chi connectivity index (χ0) is 40.5. The predicted molar refractivity (Wildman–Crippen MR) is 226 cm³/mol. The average molecular weight is 785 g/mol. The Morgan fingerprint density at radius 3 is 2.34 bits per heavy atom. The molecule has 14 atom stereocenters. The fourth-order valence-corrected chi connectivity index (χ4v) is 12.6. The molecular weight excluding hydrogens is 701 g/mol. The second kappa shape index (κ2) is 21.3. The van der Waals surface area contributed by atoms with Gasteiger partial charge in [-0.3, -0.25) is 4.79 Å². The van der Waals surface area contributed by atoms with E-state index in [0.29, 0.717) is 17.8 Å². The Morgan fingerprint density at radius 2 is 1.61 bits per heavy atom. The highest BCUT2D eigenvalue weighted by molar-refractivity contribution is 5.69. The molecule has 0 bridgehead atoms. The van der Waals surface area contributed by atoms with Gasteiger partial charge in [-0.15, -0.1) is 0 Å². The van der Waals surface area contributed by atoms with Gasteiger partial charge in [0.2, 0.25) is 0 Å². The second-order valence-electron chi connectivity index (χ2n) is 20.1. The normalized spacial score (nSPS) is 38.2. The van der Waals surface area contributed by atoms with Gasteiger partial charge < -0.3 is 29.5 Å². The maximum atomic E-state index is 12.5. The van der Waals surface area contributed by atoms with E-state index in [-0.39, 0.29) is 24.1 Å². The number of unbranched alkanes of at least 4 members (excludes halogenated alkanes) is 7. The molecule has 5 rings (SSSR count). The molecule has 1 aliphatic heterocycles. The fraction of sp³-hybridized carbons (Fsp3) is 0.898. The molecule has 322 valence electrons. The summed E-state index contributed by atoms with van der Waals surface area (Å²) in [6, 6.07) is 0. The first-order chi connectivity index (χ1) is 26.8. The minimum Gasteiger partial charge on any atom is -0.463 e. The standard InChI is InChI=1S/C49H84O7/c1-8-10-11-12-13-14-15-16-17-18-19-20-43(50)54-32-42-44(51)45(52)46(53)47(56-42)55-37-27-29-48(6)36(31-37)23-24-38-40-26-25-39(49(40,7)30-28-41(38)48)34(5)21-22-35(9-2)33(3)4/h12-13,23,33-35,37-42,44-47,51-53H,8-11,14-22,24-32H2,1-7H3/b13-12-. The van der Waals surface area contributed by atoms with E-state index in [1.54, 1.807) is 0 Å². The summed E-state index contributed by atoms with van der Waals surface area (Å²) in [5.41, 5.74) is 2.12. The van der Waals surface area contributed by atoms with Crippen molar-refractivity contribution < 1.29 is 34.3 Å². The zero-order valence-corrected chi connectivity index (χ0v) is 36.8. The number of carbonyl (C=O) groups is 1. The number of allylic oxidation sites excluding steroid dienone is 3. The summed E-state index contributed by atoms with van der Waals surface area (Å²) in [4.78, 5) is 12.5. The van der Waals surface area contributed by atoms with Crippen LogP contribution in [0.3, 0.4) is 0 Å². The largest absolute Gasteiger partial charge is 0.463 e. The van der Waals surface area contributed by atoms with Crippen LogP contribution in [0.1, 0.15) is 183 Å². The first-order valence-corrected chi connectivity index (χ1v) is 23.7. The molecule has 1 heterocycles.